The molecule has 0 saturated carbocycles. The Morgan fingerprint density at radius 2 is 2.06 bits per heavy atom. The molecule has 1 unspecified atom stereocenters. The van der Waals surface area contributed by atoms with E-state index < -0.39 is 0 Å². The van der Waals surface area contributed by atoms with E-state index in [4.69, 9.17) is 5.11 Å². The standard InChI is InChI=1S/C15H28N2O/c1-5-14(7-8-18)10-16-11-15-9-12(3)17(6-2)13(15)4/h9,14,16,18H,5-8,10-11H2,1-4H3. The van der Waals surface area contributed by atoms with Crippen molar-refractivity contribution in [2.24, 2.45) is 5.92 Å². The summed E-state index contributed by atoms with van der Waals surface area (Å²) in [6.07, 6.45) is 2.03. The molecule has 1 aromatic rings. The average Bonchev–Trinajstić information content (AvgIpc) is 2.63. The molecule has 0 fully saturated rings. The van der Waals surface area contributed by atoms with Crippen LogP contribution < -0.4 is 5.32 Å². The minimum absolute atomic E-state index is 0.296. The van der Waals surface area contributed by atoms with Gasteiger partial charge in [-0.2, -0.15) is 0 Å². The third-order valence-electron chi connectivity index (χ3n) is 3.86. The molecule has 1 atom stereocenters. The van der Waals surface area contributed by atoms with Crippen LogP contribution in [0, 0.1) is 19.8 Å². The van der Waals surface area contributed by atoms with Crippen LogP contribution in [0.3, 0.4) is 0 Å². The maximum atomic E-state index is 8.97. The van der Waals surface area contributed by atoms with Crippen LogP contribution in [0.4, 0.5) is 0 Å². The van der Waals surface area contributed by atoms with E-state index in [1.54, 1.807) is 0 Å². The number of aliphatic hydroxyl groups excluding tert-OH is 1. The molecule has 0 saturated heterocycles. The smallest absolute Gasteiger partial charge is 0.0434 e. The highest BCUT2D eigenvalue weighted by Crippen LogP contribution is 2.15. The van der Waals surface area contributed by atoms with Crippen LogP contribution in [0.1, 0.15) is 43.6 Å². The first-order valence-electron chi connectivity index (χ1n) is 7.11. The molecule has 1 heterocycles. The summed E-state index contributed by atoms with van der Waals surface area (Å²) in [6.45, 7) is 12.0. The van der Waals surface area contributed by atoms with Gasteiger partial charge in [0, 0.05) is 31.1 Å². The van der Waals surface area contributed by atoms with Crippen LogP contribution in [0.25, 0.3) is 0 Å². The predicted molar refractivity (Wildman–Crippen MR) is 76.8 cm³/mol. The van der Waals surface area contributed by atoms with Crippen LogP contribution in [0.2, 0.25) is 0 Å². The molecule has 0 spiro atoms. The van der Waals surface area contributed by atoms with Crippen molar-refractivity contribution in [3.05, 3.63) is 23.0 Å². The summed E-state index contributed by atoms with van der Waals surface area (Å²) in [4.78, 5) is 0. The first kappa shape index (κ1) is 15.3. The molecular weight excluding hydrogens is 224 g/mol. The average molecular weight is 252 g/mol. The second-order valence-corrected chi connectivity index (χ2v) is 5.06. The van der Waals surface area contributed by atoms with Crippen molar-refractivity contribution in [2.75, 3.05) is 13.2 Å². The SMILES string of the molecule is CCC(CCO)CNCc1cc(C)n(CC)c1C. The summed E-state index contributed by atoms with van der Waals surface area (Å²) in [6, 6.07) is 2.28. The first-order chi connectivity index (χ1) is 8.63. The van der Waals surface area contributed by atoms with E-state index >= 15 is 0 Å². The van der Waals surface area contributed by atoms with E-state index in [0.29, 0.717) is 12.5 Å². The summed E-state index contributed by atoms with van der Waals surface area (Å²) in [5.74, 6) is 0.588. The van der Waals surface area contributed by atoms with Gasteiger partial charge in [-0.25, -0.2) is 0 Å². The Morgan fingerprint density at radius 3 is 2.56 bits per heavy atom. The lowest BCUT2D eigenvalue weighted by molar-refractivity contribution is 0.251. The summed E-state index contributed by atoms with van der Waals surface area (Å²) in [5.41, 5.74) is 4.11. The van der Waals surface area contributed by atoms with Crippen molar-refractivity contribution in [3.8, 4) is 0 Å². The molecule has 0 radical (unpaired) electrons. The van der Waals surface area contributed by atoms with Crippen molar-refractivity contribution in [1.29, 1.82) is 0 Å². The third-order valence-corrected chi connectivity index (χ3v) is 3.86. The van der Waals surface area contributed by atoms with Crippen LogP contribution in [-0.2, 0) is 13.1 Å². The minimum atomic E-state index is 0.296. The lowest BCUT2D eigenvalue weighted by atomic mass is 10.0. The molecule has 104 valence electrons. The molecule has 0 amide bonds. The summed E-state index contributed by atoms with van der Waals surface area (Å²) >= 11 is 0. The Morgan fingerprint density at radius 1 is 1.33 bits per heavy atom. The van der Waals surface area contributed by atoms with Crippen molar-refractivity contribution in [2.45, 2.75) is 53.6 Å². The summed E-state index contributed by atoms with van der Waals surface area (Å²) < 4.78 is 2.35. The van der Waals surface area contributed by atoms with Crippen molar-refractivity contribution < 1.29 is 5.11 Å². The number of nitrogens with zero attached hydrogens (tertiary/aromatic N) is 1. The van der Waals surface area contributed by atoms with Crippen molar-refractivity contribution >= 4 is 0 Å². The summed E-state index contributed by atoms with van der Waals surface area (Å²) in [5, 5.41) is 12.5. The molecule has 1 rings (SSSR count). The van der Waals surface area contributed by atoms with Gasteiger partial charge in [0.1, 0.15) is 0 Å². The van der Waals surface area contributed by atoms with E-state index in [-0.39, 0.29) is 0 Å². The lowest BCUT2D eigenvalue weighted by Gasteiger charge is -2.14. The number of aromatic nitrogens is 1. The van der Waals surface area contributed by atoms with E-state index in [0.717, 1.165) is 32.5 Å². The fraction of sp³-hybridized carbons (Fsp3) is 0.733. The van der Waals surface area contributed by atoms with Crippen LogP contribution >= 0.6 is 0 Å². The first-order valence-corrected chi connectivity index (χ1v) is 7.11. The van der Waals surface area contributed by atoms with Gasteiger partial charge in [-0.1, -0.05) is 13.3 Å². The van der Waals surface area contributed by atoms with Gasteiger partial charge in [-0.05, 0) is 51.3 Å². The monoisotopic (exact) mass is 252 g/mol. The van der Waals surface area contributed by atoms with Gasteiger partial charge in [0.25, 0.3) is 0 Å². The fourth-order valence-electron chi connectivity index (χ4n) is 2.58. The normalized spacial score (nSPS) is 12.9. The predicted octanol–water partition coefficient (Wildman–Crippen LogP) is 2.62. The second kappa shape index (κ2) is 7.59. The van der Waals surface area contributed by atoms with E-state index in [1.807, 2.05) is 0 Å². The van der Waals surface area contributed by atoms with Gasteiger partial charge in [0.15, 0.2) is 0 Å². The quantitative estimate of drug-likeness (QED) is 0.746. The number of aliphatic hydroxyl groups is 1. The molecule has 0 aliphatic carbocycles. The maximum Gasteiger partial charge on any atom is 0.0434 e. The third kappa shape index (κ3) is 3.85. The zero-order chi connectivity index (χ0) is 13.5. The molecule has 3 nitrogen and oxygen atoms in total. The van der Waals surface area contributed by atoms with Gasteiger partial charge in [0.05, 0.1) is 0 Å². The van der Waals surface area contributed by atoms with E-state index in [2.05, 4.69) is 43.6 Å². The highest BCUT2D eigenvalue weighted by atomic mass is 16.3. The van der Waals surface area contributed by atoms with Crippen LogP contribution in [-0.4, -0.2) is 22.8 Å². The molecule has 0 bridgehead atoms. The Hall–Kier alpha value is -0.800. The highest BCUT2D eigenvalue weighted by Gasteiger charge is 2.09. The number of aryl methyl sites for hydroxylation is 1. The molecular formula is C15H28N2O. The number of hydrogen-bond acceptors (Lipinski definition) is 2. The van der Waals surface area contributed by atoms with Gasteiger partial charge < -0.3 is 15.0 Å². The maximum absolute atomic E-state index is 8.97. The number of hydrogen-bond donors (Lipinski definition) is 2. The Bertz CT molecular complexity index is 358. The molecule has 1 aromatic heterocycles. The molecule has 0 aromatic carbocycles. The van der Waals surface area contributed by atoms with Crippen LogP contribution in [0.5, 0.6) is 0 Å². The van der Waals surface area contributed by atoms with Gasteiger partial charge >= 0.3 is 0 Å². The van der Waals surface area contributed by atoms with E-state index in [9.17, 15) is 0 Å². The lowest BCUT2D eigenvalue weighted by Crippen LogP contribution is -2.23. The zero-order valence-corrected chi connectivity index (χ0v) is 12.3. The van der Waals surface area contributed by atoms with Crippen molar-refractivity contribution in [3.63, 3.8) is 0 Å². The molecule has 0 aliphatic rings. The second-order valence-electron chi connectivity index (χ2n) is 5.06. The highest BCUT2D eigenvalue weighted by molar-refractivity contribution is 5.26. The van der Waals surface area contributed by atoms with E-state index in [1.165, 1.54) is 17.0 Å². The Labute approximate surface area is 111 Å². The number of rotatable bonds is 8. The molecule has 18 heavy (non-hydrogen) atoms. The Balaban J connectivity index is 2.48. The van der Waals surface area contributed by atoms with Crippen molar-refractivity contribution in [1.82, 2.24) is 9.88 Å². The minimum Gasteiger partial charge on any atom is -0.396 e. The Kier molecular flexibility index (Phi) is 6.44. The molecule has 0 aliphatic heterocycles. The topological polar surface area (TPSA) is 37.2 Å². The molecule has 2 N–H and O–H groups in total. The summed E-state index contributed by atoms with van der Waals surface area (Å²) in [7, 11) is 0. The zero-order valence-electron chi connectivity index (χ0n) is 12.3. The number of nitrogens with one attached hydrogen (secondary N) is 1. The van der Waals surface area contributed by atoms with Gasteiger partial charge in [-0.15, -0.1) is 0 Å². The van der Waals surface area contributed by atoms with Crippen LogP contribution in [0.15, 0.2) is 6.07 Å². The fourth-order valence-corrected chi connectivity index (χ4v) is 2.58. The van der Waals surface area contributed by atoms with Gasteiger partial charge in [0.2, 0.25) is 0 Å². The molecule has 3 heteroatoms. The van der Waals surface area contributed by atoms with Gasteiger partial charge in [-0.3, -0.25) is 0 Å². The largest absolute Gasteiger partial charge is 0.396 e.